The van der Waals surface area contributed by atoms with Gasteiger partial charge in [0, 0.05) is 20.3 Å². The first-order valence-electron chi connectivity index (χ1n) is 9.49. The smallest absolute Gasteiger partial charge is 0.266 e. The van der Waals surface area contributed by atoms with Gasteiger partial charge in [0.05, 0.1) is 22.3 Å². The molecule has 2 aromatic carbocycles. The molecular weight excluding hydrogens is 386 g/mol. The molecule has 0 saturated carbocycles. The van der Waals surface area contributed by atoms with Gasteiger partial charge in [0.1, 0.15) is 0 Å². The predicted octanol–water partition coefficient (Wildman–Crippen LogP) is 3.25. The van der Waals surface area contributed by atoms with Gasteiger partial charge in [0.2, 0.25) is 5.91 Å². The molecule has 1 amide bonds. The minimum atomic E-state index is -0.134. The molecule has 1 aromatic heterocycles. The Bertz CT molecular complexity index is 1080. The normalized spacial score (nSPS) is 11.0. The van der Waals surface area contributed by atoms with Crippen molar-refractivity contribution in [1.29, 1.82) is 0 Å². The fourth-order valence-corrected chi connectivity index (χ4v) is 3.94. The van der Waals surface area contributed by atoms with E-state index in [2.05, 4.69) is 10.3 Å². The summed E-state index contributed by atoms with van der Waals surface area (Å²) < 4.78 is 6.60. The second-order valence-electron chi connectivity index (χ2n) is 6.83. The average Bonchev–Trinajstić information content (AvgIpc) is 2.71. The highest BCUT2D eigenvalue weighted by Crippen LogP contribution is 2.23. The lowest BCUT2D eigenvalue weighted by atomic mass is 10.1. The van der Waals surface area contributed by atoms with E-state index in [9.17, 15) is 9.59 Å². The summed E-state index contributed by atoms with van der Waals surface area (Å²) in [5.41, 5.74) is 3.38. The Morgan fingerprint density at radius 2 is 2.00 bits per heavy atom. The molecule has 0 aliphatic rings. The van der Waals surface area contributed by atoms with Crippen LogP contribution >= 0.6 is 11.8 Å². The van der Waals surface area contributed by atoms with Gasteiger partial charge < -0.3 is 10.1 Å². The maximum Gasteiger partial charge on any atom is 0.266 e. The van der Waals surface area contributed by atoms with E-state index in [0.29, 0.717) is 29.2 Å². The second-order valence-corrected chi connectivity index (χ2v) is 7.77. The number of thioether (sulfide) groups is 1. The number of amides is 1. The first kappa shape index (κ1) is 21.1. The third kappa shape index (κ3) is 5.05. The van der Waals surface area contributed by atoms with Crippen LogP contribution in [0.25, 0.3) is 16.6 Å². The van der Waals surface area contributed by atoms with Crippen LogP contribution in [0.2, 0.25) is 0 Å². The van der Waals surface area contributed by atoms with E-state index in [1.54, 1.807) is 17.7 Å². The van der Waals surface area contributed by atoms with Crippen LogP contribution in [0.4, 0.5) is 0 Å². The average molecular weight is 412 g/mol. The highest BCUT2D eigenvalue weighted by Gasteiger charge is 2.16. The Balaban J connectivity index is 1.95. The number of benzene rings is 2. The number of fused-ring (bicyclic) bond motifs is 1. The minimum Gasteiger partial charge on any atom is -0.385 e. The van der Waals surface area contributed by atoms with Gasteiger partial charge in [-0.2, -0.15) is 0 Å². The molecule has 3 aromatic rings. The van der Waals surface area contributed by atoms with Crippen LogP contribution in [0.5, 0.6) is 0 Å². The Kier molecular flexibility index (Phi) is 7.06. The number of aromatic nitrogens is 2. The van der Waals surface area contributed by atoms with E-state index in [0.717, 1.165) is 23.2 Å². The third-order valence-corrected chi connectivity index (χ3v) is 5.46. The largest absolute Gasteiger partial charge is 0.385 e. The Morgan fingerprint density at radius 3 is 2.76 bits per heavy atom. The van der Waals surface area contributed by atoms with Gasteiger partial charge >= 0.3 is 0 Å². The monoisotopic (exact) mass is 411 g/mol. The number of nitrogens with one attached hydrogen (secondary N) is 1. The predicted molar refractivity (Wildman–Crippen MR) is 117 cm³/mol. The molecule has 0 bridgehead atoms. The van der Waals surface area contributed by atoms with Crippen LogP contribution in [0, 0.1) is 13.8 Å². The molecular formula is C22H25N3O3S. The summed E-state index contributed by atoms with van der Waals surface area (Å²) in [5, 5.41) is 3.93. The van der Waals surface area contributed by atoms with Crippen LogP contribution in [0.3, 0.4) is 0 Å². The van der Waals surface area contributed by atoms with Crippen molar-refractivity contribution in [1.82, 2.24) is 14.9 Å². The summed E-state index contributed by atoms with van der Waals surface area (Å²) in [6.07, 6.45) is 0.758. The summed E-state index contributed by atoms with van der Waals surface area (Å²) in [6.45, 7) is 5.15. The van der Waals surface area contributed by atoms with Crippen molar-refractivity contribution in [3.63, 3.8) is 0 Å². The summed E-state index contributed by atoms with van der Waals surface area (Å²) in [6, 6.07) is 13.2. The number of hydrogen-bond donors (Lipinski definition) is 1. The van der Waals surface area contributed by atoms with Crippen LogP contribution in [-0.4, -0.2) is 41.5 Å². The molecule has 7 heteroatoms. The number of hydrogen-bond acceptors (Lipinski definition) is 5. The maximum absolute atomic E-state index is 13.3. The Hall–Kier alpha value is -2.64. The third-order valence-electron chi connectivity index (χ3n) is 4.52. The van der Waals surface area contributed by atoms with Gasteiger partial charge in [0.25, 0.3) is 5.56 Å². The summed E-state index contributed by atoms with van der Waals surface area (Å²) in [5.74, 6) is 0.0866. The molecule has 1 heterocycles. The van der Waals surface area contributed by atoms with E-state index < -0.39 is 0 Å². The van der Waals surface area contributed by atoms with Gasteiger partial charge in [0.15, 0.2) is 5.16 Å². The van der Waals surface area contributed by atoms with Gasteiger partial charge in [-0.05, 0) is 44.0 Å². The number of methoxy groups -OCH3 is 1. The van der Waals surface area contributed by atoms with Crippen molar-refractivity contribution in [3.8, 4) is 5.69 Å². The van der Waals surface area contributed by atoms with Gasteiger partial charge in [-0.15, -0.1) is 0 Å². The molecule has 3 rings (SSSR count). The van der Waals surface area contributed by atoms with E-state index in [1.165, 1.54) is 11.8 Å². The summed E-state index contributed by atoms with van der Waals surface area (Å²) in [7, 11) is 1.63. The van der Waals surface area contributed by atoms with Gasteiger partial charge in [-0.1, -0.05) is 41.6 Å². The molecule has 0 spiro atoms. The number of nitrogens with zero attached hydrogens (tertiary/aromatic N) is 2. The lowest BCUT2D eigenvalue weighted by Crippen LogP contribution is -2.28. The number of carbonyl (C=O) groups is 1. The second kappa shape index (κ2) is 9.71. The van der Waals surface area contributed by atoms with E-state index >= 15 is 0 Å². The van der Waals surface area contributed by atoms with Crippen molar-refractivity contribution in [3.05, 3.63) is 63.9 Å². The Morgan fingerprint density at radius 1 is 1.21 bits per heavy atom. The fraction of sp³-hybridized carbons (Fsp3) is 0.318. The molecule has 1 N–H and O–H groups in total. The minimum absolute atomic E-state index is 0.0966. The van der Waals surface area contributed by atoms with E-state index in [1.807, 2.05) is 50.2 Å². The Labute approximate surface area is 174 Å². The molecule has 0 radical (unpaired) electrons. The molecule has 29 heavy (non-hydrogen) atoms. The molecule has 152 valence electrons. The highest BCUT2D eigenvalue weighted by atomic mass is 32.2. The number of rotatable bonds is 8. The zero-order valence-corrected chi connectivity index (χ0v) is 17.7. The molecule has 0 unspecified atom stereocenters. The lowest BCUT2D eigenvalue weighted by Gasteiger charge is -2.15. The van der Waals surface area contributed by atoms with Crippen molar-refractivity contribution in [2.75, 3.05) is 26.0 Å². The molecule has 6 nitrogen and oxygen atoms in total. The summed E-state index contributed by atoms with van der Waals surface area (Å²) >= 11 is 1.26. The fourth-order valence-electron chi connectivity index (χ4n) is 3.10. The molecule has 0 saturated heterocycles. The zero-order valence-electron chi connectivity index (χ0n) is 16.9. The molecule has 0 aliphatic heterocycles. The van der Waals surface area contributed by atoms with Crippen molar-refractivity contribution in [2.24, 2.45) is 0 Å². The zero-order chi connectivity index (χ0) is 20.8. The van der Waals surface area contributed by atoms with Gasteiger partial charge in [-0.25, -0.2) is 4.98 Å². The number of carbonyl (C=O) groups excluding carboxylic acids is 1. The van der Waals surface area contributed by atoms with Crippen LogP contribution in [-0.2, 0) is 9.53 Å². The quantitative estimate of drug-likeness (QED) is 0.350. The standard InChI is InChI=1S/C22H25N3O3S/c1-15-9-10-19(16(2)13-15)25-21(27)17-7-4-5-8-18(17)24-22(25)29-14-20(26)23-11-6-12-28-3/h4-5,7-10,13H,6,11-12,14H2,1-3H3,(H,23,26). The van der Waals surface area contributed by atoms with Crippen molar-refractivity contribution in [2.45, 2.75) is 25.4 Å². The molecule has 0 atom stereocenters. The topological polar surface area (TPSA) is 73.2 Å². The van der Waals surface area contributed by atoms with E-state index in [-0.39, 0.29) is 17.2 Å². The van der Waals surface area contributed by atoms with Crippen molar-refractivity contribution < 1.29 is 9.53 Å². The van der Waals surface area contributed by atoms with Crippen molar-refractivity contribution >= 4 is 28.6 Å². The number of aryl methyl sites for hydroxylation is 2. The van der Waals surface area contributed by atoms with Gasteiger partial charge in [-0.3, -0.25) is 14.2 Å². The maximum atomic E-state index is 13.3. The number of para-hydroxylation sites is 1. The van der Waals surface area contributed by atoms with E-state index in [4.69, 9.17) is 4.74 Å². The molecule has 0 aliphatic carbocycles. The first-order chi connectivity index (χ1) is 14.0. The van der Waals surface area contributed by atoms with Crippen LogP contribution in [0.1, 0.15) is 17.5 Å². The SMILES string of the molecule is COCCCNC(=O)CSc1nc2ccccc2c(=O)n1-c1ccc(C)cc1C. The first-order valence-corrected chi connectivity index (χ1v) is 10.5. The summed E-state index contributed by atoms with van der Waals surface area (Å²) in [4.78, 5) is 30.2. The number of ether oxygens (including phenoxy) is 1. The van der Waals surface area contributed by atoms with Crippen LogP contribution < -0.4 is 10.9 Å². The highest BCUT2D eigenvalue weighted by molar-refractivity contribution is 7.99. The molecule has 0 fully saturated rings. The van der Waals surface area contributed by atoms with Crippen LogP contribution in [0.15, 0.2) is 52.4 Å². The lowest BCUT2D eigenvalue weighted by molar-refractivity contribution is -0.118.